The number of carbonyl (C=O) groups excluding carboxylic acids is 2. The van der Waals surface area contributed by atoms with Gasteiger partial charge in [-0.25, -0.2) is 12.8 Å². The zero-order valence-corrected chi connectivity index (χ0v) is 16.5. The van der Waals surface area contributed by atoms with Crippen molar-refractivity contribution in [1.29, 1.82) is 0 Å². The molecule has 1 aromatic carbocycles. The van der Waals surface area contributed by atoms with Crippen LogP contribution in [0.1, 0.15) is 32.6 Å². The minimum atomic E-state index is -3.88. The summed E-state index contributed by atoms with van der Waals surface area (Å²) in [6, 6.07) is 4.37. The molecule has 1 aliphatic rings. The molecule has 0 spiro atoms. The number of hydrogen-bond donors (Lipinski definition) is 1. The second-order valence-electron chi connectivity index (χ2n) is 6.71. The van der Waals surface area contributed by atoms with Crippen molar-refractivity contribution in [2.45, 2.75) is 43.5 Å². The number of carbonyl (C=O) groups is 2. The highest BCUT2D eigenvalue weighted by molar-refractivity contribution is 7.89. The fourth-order valence-corrected chi connectivity index (χ4v) is 4.13. The summed E-state index contributed by atoms with van der Waals surface area (Å²) in [5, 5.41) is 2.92. The third-order valence-electron chi connectivity index (χ3n) is 4.50. The fourth-order valence-electron chi connectivity index (χ4n) is 3.01. The number of amides is 2. The molecule has 27 heavy (non-hydrogen) atoms. The Kier molecular flexibility index (Phi) is 7.32. The number of likely N-dealkylation sites (tertiary alicyclic amines) is 1. The highest BCUT2D eigenvalue weighted by atomic mass is 32.2. The van der Waals surface area contributed by atoms with Crippen molar-refractivity contribution in [2.75, 3.05) is 26.7 Å². The Bertz CT molecular complexity index is 767. The summed E-state index contributed by atoms with van der Waals surface area (Å²) in [5.41, 5.74) is 0. The smallest absolute Gasteiger partial charge is 0.243 e. The van der Waals surface area contributed by atoms with Gasteiger partial charge in [0.05, 0.1) is 11.4 Å². The standard InChI is InChI=1S/C18H26FN3O4S/c1-3-5-17(23)20-15-6-4-11-22(12-15)18(24)13-21(2)27(25,26)16-9-7-14(19)8-10-16/h7-10,15H,3-6,11-13H2,1-2H3,(H,20,23). The quantitative estimate of drug-likeness (QED) is 0.750. The molecule has 1 heterocycles. The average Bonchev–Trinajstić information content (AvgIpc) is 2.62. The molecule has 0 aromatic heterocycles. The Morgan fingerprint density at radius 1 is 1.30 bits per heavy atom. The molecular weight excluding hydrogens is 373 g/mol. The SMILES string of the molecule is CCCC(=O)NC1CCCN(C(=O)CN(C)S(=O)(=O)c2ccc(F)cc2)C1. The number of benzene rings is 1. The summed E-state index contributed by atoms with van der Waals surface area (Å²) in [5.74, 6) is -0.886. The molecule has 0 saturated carbocycles. The lowest BCUT2D eigenvalue weighted by Gasteiger charge is -2.34. The molecular formula is C18H26FN3O4S. The Morgan fingerprint density at radius 3 is 2.59 bits per heavy atom. The van der Waals surface area contributed by atoms with Crippen molar-refractivity contribution in [3.63, 3.8) is 0 Å². The molecule has 0 radical (unpaired) electrons. The van der Waals surface area contributed by atoms with Crippen LogP contribution in [0.15, 0.2) is 29.2 Å². The number of piperidine rings is 1. The van der Waals surface area contributed by atoms with Crippen molar-refractivity contribution in [3.05, 3.63) is 30.1 Å². The molecule has 9 heteroatoms. The summed E-state index contributed by atoms with van der Waals surface area (Å²) in [7, 11) is -2.56. The summed E-state index contributed by atoms with van der Waals surface area (Å²) in [6.45, 7) is 2.52. The predicted molar refractivity (Wildman–Crippen MR) is 98.9 cm³/mol. The van der Waals surface area contributed by atoms with Crippen molar-refractivity contribution in [1.82, 2.24) is 14.5 Å². The van der Waals surface area contributed by atoms with Crippen LogP contribution in [0.2, 0.25) is 0 Å². The number of halogens is 1. The summed E-state index contributed by atoms with van der Waals surface area (Å²) < 4.78 is 39.0. The largest absolute Gasteiger partial charge is 0.352 e. The first-order valence-corrected chi connectivity index (χ1v) is 10.5. The summed E-state index contributed by atoms with van der Waals surface area (Å²) in [6.07, 6.45) is 2.75. The molecule has 2 amide bonds. The van der Waals surface area contributed by atoms with Crippen molar-refractivity contribution >= 4 is 21.8 Å². The Labute approximate surface area is 159 Å². The van der Waals surface area contributed by atoms with Crippen molar-refractivity contribution < 1.29 is 22.4 Å². The zero-order chi connectivity index (χ0) is 20.0. The van der Waals surface area contributed by atoms with E-state index in [1.807, 2.05) is 6.92 Å². The summed E-state index contributed by atoms with van der Waals surface area (Å²) in [4.78, 5) is 25.8. The van der Waals surface area contributed by atoms with Gasteiger partial charge >= 0.3 is 0 Å². The van der Waals surface area contributed by atoms with E-state index in [1.54, 1.807) is 4.90 Å². The Hall–Kier alpha value is -2.00. The van der Waals surface area contributed by atoms with Gasteiger partial charge in [-0.1, -0.05) is 6.92 Å². The van der Waals surface area contributed by atoms with E-state index in [0.29, 0.717) is 19.5 Å². The van der Waals surface area contributed by atoms with Gasteiger partial charge in [0, 0.05) is 32.6 Å². The Balaban J connectivity index is 1.96. The maximum absolute atomic E-state index is 13.0. The van der Waals surface area contributed by atoms with Gasteiger partial charge in [-0.05, 0) is 43.5 Å². The van der Waals surface area contributed by atoms with Crippen molar-refractivity contribution in [2.24, 2.45) is 0 Å². The van der Waals surface area contributed by atoms with Gasteiger partial charge in [0.2, 0.25) is 21.8 Å². The molecule has 1 aromatic rings. The second-order valence-corrected chi connectivity index (χ2v) is 8.76. The third kappa shape index (κ3) is 5.74. The first-order chi connectivity index (χ1) is 12.7. The number of likely N-dealkylation sites (N-methyl/N-ethyl adjacent to an activating group) is 1. The molecule has 1 N–H and O–H groups in total. The predicted octanol–water partition coefficient (Wildman–Crippen LogP) is 1.35. The number of nitrogens with one attached hydrogen (secondary N) is 1. The second kappa shape index (κ2) is 9.27. The van der Waals surface area contributed by atoms with Gasteiger partial charge in [-0.2, -0.15) is 4.31 Å². The van der Waals surface area contributed by atoms with E-state index in [4.69, 9.17) is 0 Å². The highest BCUT2D eigenvalue weighted by Crippen LogP contribution is 2.16. The lowest BCUT2D eigenvalue weighted by molar-refractivity contribution is -0.133. The summed E-state index contributed by atoms with van der Waals surface area (Å²) >= 11 is 0. The van der Waals surface area contributed by atoms with Gasteiger partial charge in [0.1, 0.15) is 5.82 Å². The number of nitrogens with zero attached hydrogens (tertiary/aromatic N) is 2. The highest BCUT2D eigenvalue weighted by Gasteiger charge is 2.28. The molecule has 1 saturated heterocycles. The molecule has 1 unspecified atom stereocenters. The van der Waals surface area contributed by atoms with E-state index in [9.17, 15) is 22.4 Å². The van der Waals surface area contributed by atoms with E-state index >= 15 is 0 Å². The Morgan fingerprint density at radius 2 is 1.96 bits per heavy atom. The first kappa shape index (κ1) is 21.3. The minimum absolute atomic E-state index is 0.0344. The molecule has 1 aliphatic heterocycles. The molecule has 150 valence electrons. The minimum Gasteiger partial charge on any atom is -0.352 e. The first-order valence-electron chi connectivity index (χ1n) is 9.03. The molecule has 7 nitrogen and oxygen atoms in total. The van der Waals surface area contributed by atoms with Crippen LogP contribution in [0.25, 0.3) is 0 Å². The maximum Gasteiger partial charge on any atom is 0.243 e. The molecule has 0 aliphatic carbocycles. The topological polar surface area (TPSA) is 86.8 Å². The third-order valence-corrected chi connectivity index (χ3v) is 6.31. The lowest BCUT2D eigenvalue weighted by atomic mass is 10.1. The molecule has 1 atom stereocenters. The molecule has 0 bridgehead atoms. The van der Waals surface area contributed by atoms with E-state index in [2.05, 4.69) is 5.32 Å². The van der Waals surface area contributed by atoms with Crippen molar-refractivity contribution in [3.8, 4) is 0 Å². The van der Waals surface area contributed by atoms with Gasteiger partial charge in [0.25, 0.3) is 0 Å². The van der Waals surface area contributed by atoms with E-state index in [0.717, 1.165) is 35.7 Å². The van der Waals surface area contributed by atoms with Gasteiger partial charge in [-0.15, -0.1) is 0 Å². The van der Waals surface area contributed by atoms with Crippen LogP contribution in [-0.4, -0.2) is 62.2 Å². The van der Waals surface area contributed by atoms with Gasteiger partial charge < -0.3 is 10.2 Å². The van der Waals surface area contributed by atoms with E-state index < -0.39 is 15.8 Å². The zero-order valence-electron chi connectivity index (χ0n) is 15.7. The number of rotatable bonds is 7. The monoisotopic (exact) mass is 399 g/mol. The molecule has 2 rings (SSSR count). The fraction of sp³-hybridized carbons (Fsp3) is 0.556. The number of sulfonamides is 1. The van der Waals surface area contributed by atoms with Crippen LogP contribution in [0.4, 0.5) is 4.39 Å². The van der Waals surface area contributed by atoms with Crippen LogP contribution in [-0.2, 0) is 19.6 Å². The van der Waals surface area contributed by atoms with E-state index in [1.165, 1.54) is 19.2 Å². The van der Waals surface area contributed by atoms with Crippen LogP contribution in [0, 0.1) is 5.82 Å². The maximum atomic E-state index is 13.0. The molecule has 1 fully saturated rings. The number of hydrogen-bond acceptors (Lipinski definition) is 4. The van der Waals surface area contributed by atoms with E-state index in [-0.39, 0.29) is 29.3 Å². The van der Waals surface area contributed by atoms with Gasteiger partial charge in [0.15, 0.2) is 0 Å². The van der Waals surface area contributed by atoms with Crippen LogP contribution < -0.4 is 5.32 Å². The average molecular weight is 399 g/mol. The lowest BCUT2D eigenvalue weighted by Crippen LogP contribution is -2.51. The van der Waals surface area contributed by atoms with Crippen LogP contribution in [0.5, 0.6) is 0 Å². The van der Waals surface area contributed by atoms with Crippen LogP contribution >= 0.6 is 0 Å². The normalized spacial score (nSPS) is 17.8. The van der Waals surface area contributed by atoms with Crippen LogP contribution in [0.3, 0.4) is 0 Å². The van der Waals surface area contributed by atoms with Gasteiger partial charge in [-0.3, -0.25) is 9.59 Å².